The second-order valence-corrected chi connectivity index (χ2v) is 10.4. The number of nitrogens with one attached hydrogen (secondary N) is 1. The highest BCUT2D eigenvalue weighted by Gasteiger charge is 2.36. The quantitative estimate of drug-likeness (QED) is 0.257. The van der Waals surface area contributed by atoms with Gasteiger partial charge in [0.2, 0.25) is 0 Å². The van der Waals surface area contributed by atoms with Crippen LogP contribution in [-0.2, 0) is 13.0 Å². The van der Waals surface area contributed by atoms with Crippen molar-refractivity contribution in [2.24, 2.45) is 0 Å². The highest BCUT2D eigenvalue weighted by atomic mass is 35.5. The van der Waals surface area contributed by atoms with Crippen LogP contribution in [-0.4, -0.2) is 25.3 Å². The molecule has 0 fully saturated rings. The van der Waals surface area contributed by atoms with E-state index in [9.17, 15) is 4.79 Å². The number of nitrogens with zero attached hydrogens (tertiary/aromatic N) is 4. The Morgan fingerprint density at radius 3 is 2.49 bits per heavy atom. The summed E-state index contributed by atoms with van der Waals surface area (Å²) in [6.07, 6.45) is 2.81. The van der Waals surface area contributed by atoms with E-state index in [1.165, 1.54) is 5.56 Å². The first-order valence-corrected chi connectivity index (χ1v) is 13.6. The number of carbonyl (C=O) groups is 1. The van der Waals surface area contributed by atoms with Crippen LogP contribution in [0.5, 0.6) is 0 Å². The van der Waals surface area contributed by atoms with Gasteiger partial charge in [0.15, 0.2) is 0 Å². The summed E-state index contributed by atoms with van der Waals surface area (Å²) in [7, 11) is 0. The number of hydrogen-bond donors (Lipinski definition) is 1. The van der Waals surface area contributed by atoms with E-state index in [2.05, 4.69) is 72.4 Å². The number of aryl methyl sites for hydroxylation is 3. The van der Waals surface area contributed by atoms with Crippen LogP contribution in [0.2, 0.25) is 5.02 Å². The molecule has 1 aliphatic heterocycles. The molecule has 0 saturated heterocycles. The van der Waals surface area contributed by atoms with E-state index in [1.54, 1.807) is 6.07 Å². The molecule has 7 heteroatoms. The molecule has 1 aliphatic rings. The molecule has 196 valence electrons. The number of halogens is 1. The summed E-state index contributed by atoms with van der Waals surface area (Å²) in [5, 5.41) is 8.76. The Morgan fingerprint density at radius 1 is 1.00 bits per heavy atom. The molecule has 2 amide bonds. The molecule has 6 nitrogen and oxygen atoms in total. The maximum atomic E-state index is 14.1. The Hall–Kier alpha value is -4.29. The van der Waals surface area contributed by atoms with Gasteiger partial charge >= 0.3 is 6.03 Å². The van der Waals surface area contributed by atoms with Crippen LogP contribution in [0.3, 0.4) is 0 Å². The molecule has 1 unspecified atom stereocenters. The Bertz CT molecular complexity index is 1650. The number of carbonyl (C=O) groups excluding carboxylic acids is 1. The number of rotatable bonds is 4. The second-order valence-electron chi connectivity index (χ2n) is 9.99. The maximum absolute atomic E-state index is 14.1. The van der Waals surface area contributed by atoms with Gasteiger partial charge in [-0.3, -0.25) is 0 Å². The van der Waals surface area contributed by atoms with Crippen molar-refractivity contribution in [1.29, 1.82) is 0 Å². The number of hydrogen-bond acceptors (Lipinski definition) is 2. The van der Waals surface area contributed by atoms with E-state index < -0.39 is 0 Å². The number of benzene rings is 3. The summed E-state index contributed by atoms with van der Waals surface area (Å²) in [4.78, 5) is 16.0. The SMILES string of the molecule is CCc1nn(-c2ccccc2)c2c1CN(C(=O)Nc1ccc(C)c(Cl)c1)C(c1ccc(C)cc1)c1cccn1-2. The van der Waals surface area contributed by atoms with Gasteiger partial charge in [0.1, 0.15) is 5.82 Å². The topological polar surface area (TPSA) is 55.1 Å². The maximum Gasteiger partial charge on any atom is 0.322 e. The summed E-state index contributed by atoms with van der Waals surface area (Å²) in [6.45, 7) is 6.53. The Labute approximate surface area is 233 Å². The molecule has 39 heavy (non-hydrogen) atoms. The zero-order chi connectivity index (χ0) is 27.1. The zero-order valence-corrected chi connectivity index (χ0v) is 23.0. The standard InChI is InChI=1S/C32H30ClN5O/c1-4-28-26-20-37(32(39)34-24-17-14-22(3)27(33)19-24)30(23-15-12-21(2)13-16-23)29-11-8-18-36(29)31(26)38(35-28)25-9-6-5-7-10-25/h5-19,30H,4,20H2,1-3H3,(H,34,39). The molecular formula is C32H30ClN5O. The molecule has 0 spiro atoms. The van der Waals surface area contributed by atoms with Gasteiger partial charge in [-0.25, -0.2) is 9.48 Å². The second kappa shape index (κ2) is 10.1. The summed E-state index contributed by atoms with van der Waals surface area (Å²) < 4.78 is 4.19. The summed E-state index contributed by atoms with van der Waals surface area (Å²) in [5.74, 6) is 0.962. The lowest BCUT2D eigenvalue weighted by Gasteiger charge is -2.31. The Morgan fingerprint density at radius 2 is 1.77 bits per heavy atom. The van der Waals surface area contributed by atoms with Crippen molar-refractivity contribution in [3.8, 4) is 11.5 Å². The van der Waals surface area contributed by atoms with E-state index in [0.717, 1.165) is 46.0 Å². The molecule has 0 saturated carbocycles. The predicted molar refractivity (Wildman–Crippen MR) is 156 cm³/mol. The minimum Gasteiger partial charge on any atom is -0.308 e. The van der Waals surface area contributed by atoms with E-state index in [1.807, 2.05) is 52.9 Å². The van der Waals surface area contributed by atoms with Gasteiger partial charge in [-0.1, -0.05) is 72.6 Å². The molecular weight excluding hydrogens is 506 g/mol. The van der Waals surface area contributed by atoms with Crippen LogP contribution >= 0.6 is 11.6 Å². The molecule has 0 radical (unpaired) electrons. The van der Waals surface area contributed by atoms with E-state index >= 15 is 0 Å². The van der Waals surface area contributed by atoms with Crippen molar-refractivity contribution < 1.29 is 4.79 Å². The molecule has 0 bridgehead atoms. The van der Waals surface area contributed by atoms with Gasteiger partial charge in [-0.15, -0.1) is 0 Å². The van der Waals surface area contributed by atoms with Gasteiger partial charge in [-0.2, -0.15) is 5.10 Å². The van der Waals surface area contributed by atoms with Gasteiger partial charge < -0.3 is 14.8 Å². The first kappa shape index (κ1) is 25.0. The molecule has 6 rings (SSSR count). The van der Waals surface area contributed by atoms with Crippen LogP contribution in [0.15, 0.2) is 91.1 Å². The van der Waals surface area contributed by atoms with Gasteiger partial charge in [0, 0.05) is 22.5 Å². The van der Waals surface area contributed by atoms with E-state index in [4.69, 9.17) is 16.7 Å². The Balaban J connectivity index is 1.54. The van der Waals surface area contributed by atoms with Gasteiger partial charge in [-0.05, 0) is 67.8 Å². The third-order valence-electron chi connectivity index (χ3n) is 7.38. The number of urea groups is 1. The minimum atomic E-state index is -0.317. The molecule has 3 aromatic carbocycles. The van der Waals surface area contributed by atoms with Gasteiger partial charge in [0.05, 0.1) is 29.7 Å². The van der Waals surface area contributed by atoms with Crippen LogP contribution in [0, 0.1) is 13.8 Å². The number of para-hydroxylation sites is 1. The van der Waals surface area contributed by atoms with Crippen LogP contribution in [0.1, 0.15) is 46.6 Å². The Kier molecular flexibility index (Phi) is 6.49. The molecule has 3 heterocycles. The van der Waals surface area contributed by atoms with Crippen molar-refractivity contribution >= 4 is 23.3 Å². The minimum absolute atomic E-state index is 0.199. The van der Waals surface area contributed by atoms with Crippen molar-refractivity contribution in [1.82, 2.24) is 19.2 Å². The van der Waals surface area contributed by atoms with Crippen LogP contribution in [0.4, 0.5) is 10.5 Å². The predicted octanol–water partition coefficient (Wildman–Crippen LogP) is 7.63. The fourth-order valence-electron chi connectivity index (χ4n) is 5.31. The normalized spacial score (nSPS) is 14.5. The summed E-state index contributed by atoms with van der Waals surface area (Å²) >= 11 is 6.39. The summed E-state index contributed by atoms with van der Waals surface area (Å²) in [5.41, 5.74) is 7.81. The van der Waals surface area contributed by atoms with E-state index in [0.29, 0.717) is 17.3 Å². The lowest BCUT2D eigenvalue weighted by atomic mass is 10.0. The zero-order valence-electron chi connectivity index (χ0n) is 22.2. The number of amides is 2. The average Bonchev–Trinajstić information content (AvgIpc) is 3.53. The third kappa shape index (κ3) is 4.51. The van der Waals surface area contributed by atoms with Crippen molar-refractivity contribution in [3.63, 3.8) is 0 Å². The molecule has 0 aliphatic carbocycles. The highest BCUT2D eigenvalue weighted by Crippen LogP contribution is 2.39. The molecule has 1 atom stereocenters. The summed E-state index contributed by atoms with van der Waals surface area (Å²) in [6, 6.07) is 27.8. The molecule has 5 aromatic rings. The number of fused-ring (bicyclic) bond motifs is 3. The third-order valence-corrected chi connectivity index (χ3v) is 7.79. The van der Waals surface area contributed by atoms with Gasteiger partial charge in [0.25, 0.3) is 0 Å². The molecule has 1 N–H and O–H groups in total. The smallest absolute Gasteiger partial charge is 0.308 e. The number of anilines is 1. The first-order chi connectivity index (χ1) is 18.9. The van der Waals surface area contributed by atoms with Crippen molar-refractivity contribution in [2.45, 2.75) is 39.8 Å². The molecule has 2 aromatic heterocycles. The first-order valence-electron chi connectivity index (χ1n) is 13.2. The largest absolute Gasteiger partial charge is 0.322 e. The van der Waals surface area contributed by atoms with Crippen LogP contribution < -0.4 is 5.32 Å². The highest BCUT2D eigenvalue weighted by molar-refractivity contribution is 6.31. The van der Waals surface area contributed by atoms with Crippen LogP contribution in [0.25, 0.3) is 11.5 Å². The van der Waals surface area contributed by atoms with Crippen molar-refractivity contribution in [2.75, 3.05) is 5.32 Å². The average molecular weight is 536 g/mol. The lowest BCUT2D eigenvalue weighted by Crippen LogP contribution is -2.38. The lowest BCUT2D eigenvalue weighted by molar-refractivity contribution is 0.194. The fourth-order valence-corrected chi connectivity index (χ4v) is 5.49. The van der Waals surface area contributed by atoms with Crippen molar-refractivity contribution in [3.05, 3.63) is 130 Å². The monoisotopic (exact) mass is 535 g/mol. The number of aromatic nitrogens is 3. The fraction of sp³-hybridized carbons (Fsp3) is 0.188. The van der Waals surface area contributed by atoms with E-state index in [-0.39, 0.29) is 12.1 Å².